The summed E-state index contributed by atoms with van der Waals surface area (Å²) in [6.07, 6.45) is 1.35. The first-order valence-corrected chi connectivity index (χ1v) is 6.25. The van der Waals surface area contributed by atoms with E-state index in [1.54, 1.807) is 11.8 Å². The van der Waals surface area contributed by atoms with Gasteiger partial charge in [-0.25, -0.2) is 4.98 Å². The van der Waals surface area contributed by atoms with Gasteiger partial charge in [0.1, 0.15) is 5.15 Å². The molecular formula is C12H13Cl2N3O. The number of hydrogen-bond acceptors (Lipinski definition) is 3. The van der Waals surface area contributed by atoms with Gasteiger partial charge in [0.05, 0.1) is 22.6 Å². The lowest BCUT2D eigenvalue weighted by Crippen LogP contribution is -2.34. The van der Waals surface area contributed by atoms with Gasteiger partial charge in [0.15, 0.2) is 0 Å². The molecule has 0 aliphatic heterocycles. The molecular weight excluding hydrogens is 273 g/mol. The van der Waals surface area contributed by atoms with Gasteiger partial charge >= 0.3 is 0 Å². The number of rotatable bonds is 4. The fourth-order valence-electron chi connectivity index (χ4n) is 1.47. The zero-order valence-corrected chi connectivity index (χ0v) is 11.7. The summed E-state index contributed by atoms with van der Waals surface area (Å²) in [5.74, 6) is -0.473. The minimum atomic E-state index is -0.242. The molecule has 0 saturated carbocycles. The molecule has 0 spiro atoms. The Morgan fingerprint density at radius 3 is 2.83 bits per heavy atom. The normalized spacial score (nSPS) is 11.7. The molecule has 0 N–H and O–H groups in total. The summed E-state index contributed by atoms with van der Waals surface area (Å²) >= 11 is 11.7. The van der Waals surface area contributed by atoms with Crippen LogP contribution in [0.3, 0.4) is 0 Å². The number of halogens is 2. The van der Waals surface area contributed by atoms with Crippen LogP contribution in [0.5, 0.6) is 0 Å². The maximum Gasteiger partial charge on any atom is 0.255 e. The highest BCUT2D eigenvalue weighted by atomic mass is 35.5. The first kappa shape index (κ1) is 14.7. The number of aromatic nitrogens is 1. The second kappa shape index (κ2) is 6.58. The minimum Gasteiger partial charge on any atom is -0.338 e. The molecule has 1 unspecified atom stereocenters. The number of pyridine rings is 1. The van der Waals surface area contributed by atoms with E-state index in [0.29, 0.717) is 18.7 Å². The van der Waals surface area contributed by atoms with Crippen LogP contribution >= 0.6 is 23.2 Å². The summed E-state index contributed by atoms with van der Waals surface area (Å²) in [6, 6.07) is 3.53. The van der Waals surface area contributed by atoms with Crippen molar-refractivity contribution in [3.05, 3.63) is 28.0 Å². The van der Waals surface area contributed by atoms with Crippen LogP contribution in [0.25, 0.3) is 0 Å². The van der Waals surface area contributed by atoms with Crippen LogP contribution in [-0.4, -0.2) is 28.9 Å². The van der Waals surface area contributed by atoms with Crippen molar-refractivity contribution < 1.29 is 4.79 Å². The number of hydrogen-bond donors (Lipinski definition) is 0. The third-order valence-electron chi connectivity index (χ3n) is 2.44. The molecule has 96 valence electrons. The molecule has 6 heteroatoms. The van der Waals surface area contributed by atoms with Gasteiger partial charge in [0.2, 0.25) is 0 Å². The van der Waals surface area contributed by atoms with E-state index in [-0.39, 0.29) is 22.0 Å². The lowest BCUT2D eigenvalue weighted by molar-refractivity contribution is 0.0753. The van der Waals surface area contributed by atoms with Crippen LogP contribution in [0.15, 0.2) is 12.3 Å². The lowest BCUT2D eigenvalue weighted by atomic mass is 10.1. The zero-order valence-electron chi connectivity index (χ0n) is 10.2. The molecule has 4 nitrogen and oxygen atoms in total. The van der Waals surface area contributed by atoms with E-state index in [2.05, 4.69) is 11.1 Å². The van der Waals surface area contributed by atoms with Crippen molar-refractivity contribution in [2.75, 3.05) is 13.1 Å². The van der Waals surface area contributed by atoms with E-state index in [1.165, 1.54) is 12.3 Å². The third kappa shape index (κ3) is 3.59. The van der Waals surface area contributed by atoms with E-state index in [4.69, 9.17) is 28.5 Å². The summed E-state index contributed by atoms with van der Waals surface area (Å²) in [6.45, 7) is 4.47. The molecule has 0 bridgehead atoms. The van der Waals surface area contributed by atoms with Crippen LogP contribution in [0.4, 0.5) is 0 Å². The molecule has 1 aromatic rings. The summed E-state index contributed by atoms with van der Waals surface area (Å²) in [5, 5.41) is 9.26. The molecule has 0 aliphatic carbocycles. The number of nitriles is 1. The lowest BCUT2D eigenvalue weighted by Gasteiger charge is -2.22. The van der Waals surface area contributed by atoms with Crippen molar-refractivity contribution in [3.8, 4) is 6.07 Å². The molecule has 1 heterocycles. The minimum absolute atomic E-state index is 0.215. The highest BCUT2D eigenvalue weighted by Crippen LogP contribution is 2.20. The van der Waals surface area contributed by atoms with Gasteiger partial charge in [-0.2, -0.15) is 5.26 Å². The van der Waals surface area contributed by atoms with Crippen LogP contribution in [0.1, 0.15) is 24.2 Å². The Morgan fingerprint density at radius 1 is 1.61 bits per heavy atom. The molecule has 1 rings (SSSR count). The average Bonchev–Trinajstić information content (AvgIpc) is 2.37. The summed E-state index contributed by atoms with van der Waals surface area (Å²) in [7, 11) is 0. The summed E-state index contributed by atoms with van der Waals surface area (Å²) < 4.78 is 0. The van der Waals surface area contributed by atoms with Crippen molar-refractivity contribution >= 4 is 29.1 Å². The van der Waals surface area contributed by atoms with Crippen molar-refractivity contribution in [2.24, 2.45) is 5.92 Å². The largest absolute Gasteiger partial charge is 0.338 e. The van der Waals surface area contributed by atoms with E-state index < -0.39 is 0 Å². The predicted molar refractivity (Wildman–Crippen MR) is 70.6 cm³/mol. The Hall–Kier alpha value is -1.31. The number of carbonyl (C=O) groups is 1. The topological polar surface area (TPSA) is 57.0 Å². The van der Waals surface area contributed by atoms with Gasteiger partial charge in [0.25, 0.3) is 5.91 Å². The van der Waals surface area contributed by atoms with Gasteiger partial charge in [-0.3, -0.25) is 4.79 Å². The summed E-state index contributed by atoms with van der Waals surface area (Å²) in [4.78, 5) is 17.6. The fraction of sp³-hybridized carbons (Fsp3) is 0.417. The van der Waals surface area contributed by atoms with Crippen LogP contribution in [-0.2, 0) is 0 Å². The molecule has 0 aromatic carbocycles. The quantitative estimate of drug-likeness (QED) is 0.799. The van der Waals surface area contributed by atoms with E-state index >= 15 is 0 Å². The Labute approximate surface area is 116 Å². The van der Waals surface area contributed by atoms with Crippen molar-refractivity contribution in [3.63, 3.8) is 0 Å². The van der Waals surface area contributed by atoms with Crippen molar-refractivity contribution in [1.82, 2.24) is 9.88 Å². The SMILES string of the molecule is CCN(CC(C)C#N)C(=O)c1cc(Cl)ncc1Cl. The van der Waals surface area contributed by atoms with Gasteiger partial charge in [-0.05, 0) is 19.9 Å². The molecule has 0 fully saturated rings. The van der Waals surface area contributed by atoms with Crippen LogP contribution < -0.4 is 0 Å². The van der Waals surface area contributed by atoms with Gasteiger partial charge in [-0.1, -0.05) is 23.2 Å². The number of carbonyl (C=O) groups excluding carboxylic acids is 1. The predicted octanol–water partition coefficient (Wildman–Crippen LogP) is 3.01. The van der Waals surface area contributed by atoms with E-state index in [1.807, 2.05) is 6.92 Å². The Bertz CT molecular complexity index is 485. The monoisotopic (exact) mass is 285 g/mol. The summed E-state index contributed by atoms with van der Waals surface area (Å²) in [5.41, 5.74) is 0.309. The number of nitrogens with zero attached hydrogens (tertiary/aromatic N) is 3. The maximum atomic E-state index is 12.2. The van der Waals surface area contributed by atoms with E-state index in [0.717, 1.165) is 0 Å². The average molecular weight is 286 g/mol. The second-order valence-corrected chi connectivity index (χ2v) is 4.66. The van der Waals surface area contributed by atoms with Gasteiger partial charge in [0, 0.05) is 19.3 Å². The highest BCUT2D eigenvalue weighted by molar-refractivity contribution is 6.35. The fourth-order valence-corrected chi connectivity index (χ4v) is 1.82. The highest BCUT2D eigenvalue weighted by Gasteiger charge is 2.19. The molecule has 0 radical (unpaired) electrons. The first-order valence-electron chi connectivity index (χ1n) is 5.49. The molecule has 0 aliphatic rings. The van der Waals surface area contributed by atoms with Crippen LogP contribution in [0, 0.1) is 17.2 Å². The van der Waals surface area contributed by atoms with Crippen molar-refractivity contribution in [1.29, 1.82) is 5.26 Å². The Morgan fingerprint density at radius 2 is 2.28 bits per heavy atom. The van der Waals surface area contributed by atoms with E-state index in [9.17, 15) is 4.79 Å². The molecule has 1 aromatic heterocycles. The molecule has 1 amide bonds. The molecule has 1 atom stereocenters. The first-order chi connectivity index (χ1) is 8.49. The molecule has 0 saturated heterocycles. The standard InChI is InChI=1S/C12H13Cl2N3O/c1-3-17(7-8(2)5-15)12(18)9-4-11(14)16-6-10(9)13/h4,6,8H,3,7H2,1-2H3. The Kier molecular flexibility index (Phi) is 5.39. The Balaban J connectivity index is 2.97. The number of amides is 1. The second-order valence-electron chi connectivity index (χ2n) is 3.86. The van der Waals surface area contributed by atoms with Gasteiger partial charge < -0.3 is 4.90 Å². The zero-order chi connectivity index (χ0) is 13.7. The smallest absolute Gasteiger partial charge is 0.255 e. The molecule has 18 heavy (non-hydrogen) atoms. The third-order valence-corrected chi connectivity index (χ3v) is 2.94. The maximum absolute atomic E-state index is 12.2. The van der Waals surface area contributed by atoms with Crippen molar-refractivity contribution in [2.45, 2.75) is 13.8 Å². The van der Waals surface area contributed by atoms with Gasteiger partial charge in [-0.15, -0.1) is 0 Å². The van der Waals surface area contributed by atoms with Crippen LogP contribution in [0.2, 0.25) is 10.2 Å².